The van der Waals surface area contributed by atoms with Crippen molar-refractivity contribution in [2.75, 3.05) is 0 Å². The predicted molar refractivity (Wildman–Crippen MR) is 219 cm³/mol. The topological polar surface area (TPSA) is 86.3 Å². The predicted octanol–water partition coefficient (Wildman–Crippen LogP) is 13.2. The highest BCUT2D eigenvalue weighted by Gasteiger charge is 2.25. The molecule has 54 heavy (non-hydrogen) atoms. The summed E-state index contributed by atoms with van der Waals surface area (Å²) in [5.74, 6) is 0. The molecule has 0 amide bonds. The normalized spacial score (nSPS) is 10.5. The molecule has 0 N–H and O–H groups in total. The van der Waals surface area contributed by atoms with Crippen molar-refractivity contribution in [1.82, 2.24) is 0 Å². The Morgan fingerprint density at radius 3 is 0.630 bits per heavy atom. The summed E-state index contributed by atoms with van der Waals surface area (Å²) >= 11 is 0. The van der Waals surface area contributed by atoms with Crippen molar-refractivity contribution in [1.29, 1.82) is 0 Å². The first-order valence-corrected chi connectivity index (χ1v) is 17.5. The van der Waals surface area contributed by atoms with E-state index in [2.05, 4.69) is 0 Å². The first-order valence-electron chi connectivity index (χ1n) is 17.5. The van der Waals surface area contributed by atoms with Gasteiger partial charge in [-0.1, -0.05) is 182 Å². The molecule has 0 spiro atoms. The van der Waals surface area contributed by atoms with E-state index in [1.807, 2.05) is 206 Å². The molecule has 0 saturated carbocycles. The fourth-order valence-electron chi connectivity index (χ4n) is 6.61. The Kier molecular flexibility index (Phi) is 10.5. The van der Waals surface area contributed by atoms with Gasteiger partial charge in [-0.15, -0.1) is 0 Å². The summed E-state index contributed by atoms with van der Waals surface area (Å²) in [7, 11) is 0. The van der Waals surface area contributed by atoms with Crippen LogP contribution in [0, 0.1) is 20.2 Å². The average Bonchev–Trinajstić information content (AvgIpc) is 3.24. The fraction of sp³-hybridized carbons (Fsp3) is 0. The van der Waals surface area contributed by atoms with E-state index in [1.165, 1.54) is 0 Å². The number of benzene rings is 8. The zero-order valence-corrected chi connectivity index (χ0v) is 29.2. The highest BCUT2D eigenvalue weighted by Crippen LogP contribution is 2.43. The molecule has 260 valence electrons. The van der Waals surface area contributed by atoms with Crippen LogP contribution in [0.15, 0.2) is 206 Å². The third-order valence-electron chi connectivity index (χ3n) is 9.14. The maximum atomic E-state index is 12.0. The van der Waals surface area contributed by atoms with Gasteiger partial charge in [0.2, 0.25) is 0 Å². The summed E-state index contributed by atoms with van der Waals surface area (Å²) < 4.78 is 0. The van der Waals surface area contributed by atoms with E-state index >= 15 is 0 Å². The van der Waals surface area contributed by atoms with Crippen LogP contribution in [0.25, 0.3) is 66.8 Å². The van der Waals surface area contributed by atoms with Crippen molar-refractivity contribution in [2.24, 2.45) is 0 Å². The molecule has 6 nitrogen and oxygen atoms in total. The molecule has 8 aromatic carbocycles. The fourth-order valence-corrected chi connectivity index (χ4v) is 6.61. The Hall–Kier alpha value is -7.44. The maximum Gasteiger partial charge on any atom is 0.284 e. The van der Waals surface area contributed by atoms with E-state index in [4.69, 9.17) is 0 Å². The highest BCUT2D eigenvalue weighted by molar-refractivity contribution is 5.92. The summed E-state index contributed by atoms with van der Waals surface area (Å²) in [6.45, 7) is 0. The molecular weight excluding hydrogens is 669 g/mol. The van der Waals surface area contributed by atoms with Crippen molar-refractivity contribution in [3.63, 3.8) is 0 Å². The highest BCUT2D eigenvalue weighted by atomic mass is 16.6. The van der Waals surface area contributed by atoms with Gasteiger partial charge in [0.15, 0.2) is 0 Å². The van der Waals surface area contributed by atoms with Crippen LogP contribution in [0.1, 0.15) is 0 Å². The van der Waals surface area contributed by atoms with Gasteiger partial charge in [0, 0.05) is 0 Å². The second-order valence-electron chi connectivity index (χ2n) is 12.6. The van der Waals surface area contributed by atoms with Crippen LogP contribution in [0.4, 0.5) is 11.4 Å². The van der Waals surface area contributed by atoms with Crippen LogP contribution in [0.5, 0.6) is 0 Å². The van der Waals surface area contributed by atoms with Crippen LogP contribution < -0.4 is 0 Å². The van der Waals surface area contributed by atoms with Gasteiger partial charge in [0.05, 0.1) is 32.1 Å². The van der Waals surface area contributed by atoms with Crippen LogP contribution >= 0.6 is 0 Å². The lowest BCUT2D eigenvalue weighted by Crippen LogP contribution is -1.97. The molecule has 0 aliphatic carbocycles. The van der Waals surface area contributed by atoms with E-state index < -0.39 is 0 Å². The van der Waals surface area contributed by atoms with E-state index in [0.29, 0.717) is 22.3 Å². The molecule has 0 aliphatic rings. The molecule has 0 radical (unpaired) electrons. The lowest BCUT2D eigenvalue weighted by molar-refractivity contribution is -0.383. The minimum atomic E-state index is -0.278. The molecule has 0 fully saturated rings. The minimum Gasteiger partial charge on any atom is -0.258 e. The molecule has 0 unspecified atom stereocenters. The van der Waals surface area contributed by atoms with Crippen molar-refractivity contribution in [2.45, 2.75) is 0 Å². The summed E-state index contributed by atoms with van der Waals surface area (Å²) in [4.78, 5) is 23.5. The van der Waals surface area contributed by atoms with Crippen LogP contribution in [0.2, 0.25) is 0 Å². The van der Waals surface area contributed by atoms with Crippen molar-refractivity contribution < 1.29 is 9.85 Å². The summed E-state index contributed by atoms with van der Waals surface area (Å²) in [6, 6.07) is 65.6. The van der Waals surface area contributed by atoms with Crippen molar-refractivity contribution in [3.8, 4) is 66.8 Å². The molecule has 6 heteroatoms. The lowest BCUT2D eigenvalue weighted by atomic mass is 9.91. The molecular formula is C48H34N2O4. The van der Waals surface area contributed by atoms with E-state index in [1.54, 1.807) is 0 Å². The molecule has 8 rings (SSSR count). The van der Waals surface area contributed by atoms with Gasteiger partial charge in [-0.25, -0.2) is 0 Å². The van der Waals surface area contributed by atoms with Gasteiger partial charge < -0.3 is 0 Å². The zero-order chi connectivity index (χ0) is 37.3. The first kappa shape index (κ1) is 35.0. The minimum absolute atomic E-state index is 0.132. The second kappa shape index (κ2) is 16.3. The summed E-state index contributed by atoms with van der Waals surface area (Å²) in [6.07, 6.45) is 0. The molecule has 0 heterocycles. The van der Waals surface area contributed by atoms with Gasteiger partial charge in [-0.3, -0.25) is 20.2 Å². The molecule has 0 aromatic heterocycles. The van der Waals surface area contributed by atoms with Crippen LogP contribution in [-0.2, 0) is 0 Å². The zero-order valence-electron chi connectivity index (χ0n) is 29.2. The van der Waals surface area contributed by atoms with Gasteiger partial charge in [0.1, 0.15) is 0 Å². The largest absolute Gasteiger partial charge is 0.284 e. The van der Waals surface area contributed by atoms with Gasteiger partial charge >= 0.3 is 0 Å². The third-order valence-corrected chi connectivity index (χ3v) is 9.14. The molecule has 0 atom stereocenters. The number of hydrogen-bond donors (Lipinski definition) is 0. The van der Waals surface area contributed by atoms with Gasteiger partial charge in [0.25, 0.3) is 11.4 Å². The number of nitro benzene ring substituents is 2. The van der Waals surface area contributed by atoms with Gasteiger partial charge in [-0.2, -0.15) is 0 Å². The first-order chi connectivity index (χ1) is 26.5. The Labute approximate surface area is 313 Å². The third kappa shape index (κ3) is 7.73. The number of nitrogens with zero attached hydrogens (tertiary/aromatic N) is 2. The van der Waals surface area contributed by atoms with Crippen molar-refractivity contribution >= 4 is 11.4 Å². The van der Waals surface area contributed by atoms with Crippen molar-refractivity contribution in [3.05, 3.63) is 226 Å². The Morgan fingerprint density at radius 1 is 0.259 bits per heavy atom. The SMILES string of the molecule is O=[N+]([O-])c1c(-c2ccccc2)cc(-c2ccccc2)cc1-c1ccccc1.O=[N+]([O-])c1c(-c2ccccc2)cc(-c2ccccc2)cc1-c1ccccc1. The summed E-state index contributed by atoms with van der Waals surface area (Å²) in [5.41, 5.74) is 10.1. The van der Waals surface area contributed by atoms with E-state index in [0.717, 1.165) is 44.5 Å². The second-order valence-corrected chi connectivity index (χ2v) is 12.6. The molecule has 8 aromatic rings. The smallest absolute Gasteiger partial charge is 0.258 e. The van der Waals surface area contributed by atoms with E-state index in [-0.39, 0.29) is 21.2 Å². The van der Waals surface area contributed by atoms with Crippen LogP contribution in [0.3, 0.4) is 0 Å². The van der Waals surface area contributed by atoms with Crippen LogP contribution in [-0.4, -0.2) is 9.85 Å². The average molecular weight is 703 g/mol. The number of nitro groups is 2. The quantitative estimate of drug-likeness (QED) is 0.116. The molecule has 0 bridgehead atoms. The Bertz CT molecular complexity index is 2210. The number of rotatable bonds is 8. The monoisotopic (exact) mass is 702 g/mol. The summed E-state index contributed by atoms with van der Waals surface area (Å²) in [5, 5.41) is 24.1. The Balaban J connectivity index is 0.000000167. The Morgan fingerprint density at radius 2 is 0.444 bits per heavy atom. The maximum absolute atomic E-state index is 12.0. The standard InChI is InChI=1S/2C24H17NO2/c2*26-25(27)24-22(19-12-6-2-7-13-19)16-21(18-10-4-1-5-11-18)17-23(24)20-14-8-3-9-15-20/h2*1-17H. The van der Waals surface area contributed by atoms with E-state index in [9.17, 15) is 20.2 Å². The molecule has 0 aliphatic heterocycles. The lowest BCUT2D eigenvalue weighted by Gasteiger charge is -2.12. The number of hydrogen-bond acceptors (Lipinski definition) is 4. The molecule has 0 saturated heterocycles. The van der Waals surface area contributed by atoms with Gasteiger partial charge in [-0.05, 0) is 68.8 Å².